The number of nitrogens with zero attached hydrogens (tertiary/aromatic N) is 1. The average molecular weight is 326 g/mol. The van der Waals surface area contributed by atoms with Crippen LogP contribution in [0, 0.1) is 13.8 Å². The van der Waals surface area contributed by atoms with E-state index in [1.165, 1.54) is 0 Å². The van der Waals surface area contributed by atoms with E-state index in [4.69, 9.17) is 41.2 Å². The first-order chi connectivity index (χ1) is 9.38. The fraction of sp³-hybridized carbons (Fsp3) is 0.143. The molecule has 1 aromatic heterocycles. The van der Waals surface area contributed by atoms with E-state index < -0.39 is 0 Å². The summed E-state index contributed by atoms with van der Waals surface area (Å²) >= 11 is 17.2. The lowest BCUT2D eigenvalue weighted by molar-refractivity contribution is 1.17. The van der Waals surface area contributed by atoms with Crippen LogP contribution in [0.2, 0.25) is 10.0 Å². The number of nitrogens with two attached hydrogens (primary N) is 1. The van der Waals surface area contributed by atoms with Gasteiger partial charge in [0.1, 0.15) is 10.8 Å². The second kappa shape index (κ2) is 5.95. The molecule has 0 amide bonds. The minimum absolute atomic E-state index is 0.288. The second-order valence-corrected chi connectivity index (χ2v) is 5.70. The lowest BCUT2D eigenvalue weighted by atomic mass is 10.1. The number of anilines is 2. The van der Waals surface area contributed by atoms with Gasteiger partial charge in [-0.2, -0.15) is 0 Å². The lowest BCUT2D eigenvalue weighted by Crippen LogP contribution is -2.15. The molecule has 0 saturated carbocycles. The van der Waals surface area contributed by atoms with Gasteiger partial charge in [0.25, 0.3) is 0 Å². The van der Waals surface area contributed by atoms with Gasteiger partial charge in [0, 0.05) is 10.7 Å². The third kappa shape index (κ3) is 3.20. The Balaban J connectivity index is 2.53. The van der Waals surface area contributed by atoms with Gasteiger partial charge in [-0.05, 0) is 43.7 Å². The Morgan fingerprint density at radius 1 is 1.25 bits per heavy atom. The molecule has 0 unspecified atom stereocenters. The minimum Gasteiger partial charge on any atom is -0.389 e. The zero-order valence-corrected chi connectivity index (χ0v) is 13.3. The molecule has 0 aliphatic rings. The van der Waals surface area contributed by atoms with Crippen LogP contribution in [0.3, 0.4) is 0 Å². The summed E-state index contributed by atoms with van der Waals surface area (Å²) in [6.45, 7) is 3.84. The molecule has 104 valence electrons. The van der Waals surface area contributed by atoms with Crippen LogP contribution in [0.5, 0.6) is 0 Å². The molecule has 2 rings (SSSR count). The Bertz CT molecular complexity index is 686. The highest BCUT2D eigenvalue weighted by atomic mass is 35.5. The third-order valence-electron chi connectivity index (χ3n) is 2.77. The van der Waals surface area contributed by atoms with Crippen LogP contribution in [-0.4, -0.2) is 9.97 Å². The number of aromatic nitrogens is 1. The highest BCUT2D eigenvalue weighted by molar-refractivity contribution is 7.80. The molecular formula is C14H13Cl2N3S. The van der Waals surface area contributed by atoms with Gasteiger partial charge < -0.3 is 11.1 Å². The highest BCUT2D eigenvalue weighted by Gasteiger charge is 2.13. The van der Waals surface area contributed by atoms with Crippen LogP contribution in [0.1, 0.15) is 16.8 Å². The summed E-state index contributed by atoms with van der Waals surface area (Å²) in [7, 11) is 0. The van der Waals surface area contributed by atoms with E-state index in [1.807, 2.05) is 19.9 Å². The summed E-state index contributed by atoms with van der Waals surface area (Å²) in [5.41, 5.74) is 8.98. The molecule has 0 fully saturated rings. The number of nitrogens with one attached hydrogen (secondary N) is 1. The van der Waals surface area contributed by atoms with E-state index in [0.717, 1.165) is 11.3 Å². The van der Waals surface area contributed by atoms with Crippen LogP contribution < -0.4 is 11.1 Å². The summed E-state index contributed by atoms with van der Waals surface area (Å²) in [5, 5.41) is 4.28. The Labute approximate surface area is 133 Å². The van der Waals surface area contributed by atoms with Crippen molar-refractivity contribution >= 4 is 51.9 Å². The SMILES string of the molecule is Cc1cc(C)c(C(N)=S)c(Nc2cc(Cl)ccc2Cl)n1. The van der Waals surface area contributed by atoms with Crippen molar-refractivity contribution in [2.45, 2.75) is 13.8 Å². The quantitative estimate of drug-likeness (QED) is 0.822. The van der Waals surface area contributed by atoms with Crippen molar-refractivity contribution < 1.29 is 0 Å². The topological polar surface area (TPSA) is 50.9 Å². The van der Waals surface area contributed by atoms with Gasteiger partial charge in [0.15, 0.2) is 0 Å². The summed E-state index contributed by atoms with van der Waals surface area (Å²) in [5.74, 6) is 0.583. The third-order valence-corrected chi connectivity index (χ3v) is 3.54. The first-order valence-corrected chi connectivity index (χ1v) is 7.05. The molecule has 1 heterocycles. The summed E-state index contributed by atoms with van der Waals surface area (Å²) in [4.78, 5) is 4.73. The first kappa shape index (κ1) is 15.0. The van der Waals surface area contributed by atoms with E-state index in [1.54, 1.807) is 18.2 Å². The van der Waals surface area contributed by atoms with Crippen molar-refractivity contribution in [2.75, 3.05) is 5.32 Å². The highest BCUT2D eigenvalue weighted by Crippen LogP contribution is 2.30. The maximum absolute atomic E-state index is 6.14. The van der Waals surface area contributed by atoms with E-state index in [2.05, 4.69) is 10.3 Å². The van der Waals surface area contributed by atoms with Gasteiger partial charge in [-0.25, -0.2) is 4.98 Å². The summed E-state index contributed by atoms with van der Waals surface area (Å²) in [6, 6.07) is 7.10. The molecule has 0 spiro atoms. The fourth-order valence-electron chi connectivity index (χ4n) is 1.96. The largest absolute Gasteiger partial charge is 0.389 e. The first-order valence-electron chi connectivity index (χ1n) is 5.88. The minimum atomic E-state index is 0.288. The number of pyridine rings is 1. The number of benzene rings is 1. The number of rotatable bonds is 3. The molecule has 1 aromatic carbocycles. The van der Waals surface area contributed by atoms with E-state index in [-0.39, 0.29) is 4.99 Å². The number of thiocarbonyl (C=S) groups is 1. The normalized spacial score (nSPS) is 10.4. The molecule has 0 bridgehead atoms. The summed E-state index contributed by atoms with van der Waals surface area (Å²) < 4.78 is 0. The molecule has 2 aromatic rings. The number of halogens is 2. The van der Waals surface area contributed by atoms with E-state index in [0.29, 0.717) is 27.1 Å². The monoisotopic (exact) mass is 325 g/mol. The number of hydrogen-bond acceptors (Lipinski definition) is 3. The summed E-state index contributed by atoms with van der Waals surface area (Å²) in [6.07, 6.45) is 0. The van der Waals surface area contributed by atoms with Crippen molar-refractivity contribution in [3.8, 4) is 0 Å². The van der Waals surface area contributed by atoms with Crippen molar-refractivity contribution in [3.63, 3.8) is 0 Å². The molecule has 3 nitrogen and oxygen atoms in total. The molecular weight excluding hydrogens is 313 g/mol. The fourth-order valence-corrected chi connectivity index (χ4v) is 2.55. The molecule has 20 heavy (non-hydrogen) atoms. The van der Waals surface area contributed by atoms with Gasteiger partial charge in [0.2, 0.25) is 0 Å². The van der Waals surface area contributed by atoms with Crippen LogP contribution in [0.15, 0.2) is 24.3 Å². The molecule has 3 N–H and O–H groups in total. The molecule has 0 atom stereocenters. The van der Waals surface area contributed by atoms with E-state index in [9.17, 15) is 0 Å². The Morgan fingerprint density at radius 2 is 1.95 bits per heavy atom. The van der Waals surface area contributed by atoms with Crippen molar-refractivity contribution in [1.82, 2.24) is 4.98 Å². The van der Waals surface area contributed by atoms with Crippen LogP contribution in [0.25, 0.3) is 0 Å². The zero-order valence-electron chi connectivity index (χ0n) is 11.0. The predicted octanol–water partition coefficient (Wildman–Crippen LogP) is 4.38. The number of aryl methyl sites for hydroxylation is 2. The molecule has 6 heteroatoms. The van der Waals surface area contributed by atoms with Crippen LogP contribution >= 0.6 is 35.4 Å². The van der Waals surface area contributed by atoms with Crippen LogP contribution in [0.4, 0.5) is 11.5 Å². The second-order valence-electron chi connectivity index (χ2n) is 4.42. The Kier molecular flexibility index (Phi) is 4.48. The standard InChI is InChI=1S/C14H13Cl2N3S/c1-7-5-8(2)18-14(12(7)13(17)20)19-11-6-9(15)3-4-10(11)16/h3-6H,1-2H3,(H2,17,20)(H,18,19). The van der Waals surface area contributed by atoms with Gasteiger partial charge in [-0.1, -0.05) is 35.4 Å². The lowest BCUT2D eigenvalue weighted by Gasteiger charge is -2.14. The predicted molar refractivity (Wildman–Crippen MR) is 89.3 cm³/mol. The molecule has 0 saturated heterocycles. The van der Waals surface area contributed by atoms with Gasteiger partial charge in [-0.3, -0.25) is 0 Å². The van der Waals surface area contributed by atoms with E-state index >= 15 is 0 Å². The van der Waals surface area contributed by atoms with Gasteiger partial charge in [-0.15, -0.1) is 0 Å². The maximum Gasteiger partial charge on any atom is 0.141 e. The van der Waals surface area contributed by atoms with Crippen molar-refractivity contribution in [3.05, 3.63) is 51.1 Å². The zero-order chi connectivity index (χ0) is 14.9. The van der Waals surface area contributed by atoms with Crippen LogP contribution in [-0.2, 0) is 0 Å². The number of hydrogen-bond donors (Lipinski definition) is 2. The maximum atomic E-state index is 6.14. The average Bonchev–Trinajstić information content (AvgIpc) is 2.32. The molecule has 0 aliphatic carbocycles. The van der Waals surface area contributed by atoms with Crippen molar-refractivity contribution in [1.29, 1.82) is 0 Å². The smallest absolute Gasteiger partial charge is 0.141 e. The molecule has 0 aliphatic heterocycles. The van der Waals surface area contributed by atoms with Gasteiger partial charge >= 0.3 is 0 Å². The molecule has 0 radical (unpaired) electrons. The van der Waals surface area contributed by atoms with Crippen molar-refractivity contribution in [2.24, 2.45) is 5.73 Å². The Hall–Kier alpha value is -1.36. The Morgan fingerprint density at radius 3 is 2.60 bits per heavy atom. The van der Waals surface area contributed by atoms with Gasteiger partial charge in [0.05, 0.1) is 16.3 Å².